The third-order valence-corrected chi connectivity index (χ3v) is 7.72. The molecular formula is C20H18N6OS2. The van der Waals surface area contributed by atoms with Crippen LogP contribution in [0.15, 0.2) is 24.5 Å². The molecule has 146 valence electrons. The van der Waals surface area contributed by atoms with Gasteiger partial charge in [0.1, 0.15) is 22.5 Å². The molecule has 1 saturated heterocycles. The summed E-state index contributed by atoms with van der Waals surface area (Å²) in [6, 6.07) is 6.02. The molecule has 0 saturated carbocycles. The minimum atomic E-state index is 0.112. The molecule has 1 amide bonds. The van der Waals surface area contributed by atoms with Crippen LogP contribution in [0.4, 0.5) is 11.5 Å². The van der Waals surface area contributed by atoms with Crippen molar-refractivity contribution in [2.24, 2.45) is 5.92 Å². The molecule has 0 bridgehead atoms. The van der Waals surface area contributed by atoms with Crippen LogP contribution in [-0.2, 0) is 17.6 Å². The van der Waals surface area contributed by atoms with Gasteiger partial charge in [0.05, 0.1) is 10.1 Å². The standard InChI is InChI=1S/C20H18N6OS2/c27-20(26-6-1-7-26)11-2-4-13-15(8-11)28-19-17(13)18(21-10-22-19)23-12-3-5-14-16(9-12)29-25-24-14/h3,5,9-11H,1-2,4,6-8H2,(H,21,22,23)/t11-/m0/s1. The van der Waals surface area contributed by atoms with Crippen molar-refractivity contribution in [1.29, 1.82) is 0 Å². The molecular weight excluding hydrogens is 404 g/mol. The number of hydrogen-bond donors (Lipinski definition) is 1. The second-order valence-corrected chi connectivity index (χ2v) is 9.47. The van der Waals surface area contributed by atoms with Gasteiger partial charge in [-0.1, -0.05) is 4.49 Å². The van der Waals surface area contributed by atoms with Gasteiger partial charge in [-0.25, -0.2) is 9.97 Å². The van der Waals surface area contributed by atoms with E-state index in [0.717, 1.165) is 70.7 Å². The fourth-order valence-corrected chi connectivity index (χ4v) is 6.07. The van der Waals surface area contributed by atoms with Gasteiger partial charge < -0.3 is 10.2 Å². The Morgan fingerprint density at radius 2 is 2.17 bits per heavy atom. The third-order valence-electron chi connectivity index (χ3n) is 5.87. The van der Waals surface area contributed by atoms with Gasteiger partial charge in [-0.05, 0) is 61.0 Å². The molecule has 4 heterocycles. The minimum absolute atomic E-state index is 0.112. The first-order chi connectivity index (χ1) is 14.3. The Morgan fingerprint density at radius 3 is 3.03 bits per heavy atom. The molecule has 6 rings (SSSR count). The Bertz CT molecular complexity index is 1240. The molecule has 0 radical (unpaired) electrons. The Balaban J connectivity index is 1.34. The Kier molecular flexibility index (Phi) is 3.98. The summed E-state index contributed by atoms with van der Waals surface area (Å²) < 4.78 is 5.04. The molecule has 1 N–H and O–H groups in total. The Hall–Kier alpha value is -2.65. The maximum atomic E-state index is 12.7. The number of carbonyl (C=O) groups is 1. The van der Waals surface area contributed by atoms with Gasteiger partial charge in [0.2, 0.25) is 5.91 Å². The Labute approximate surface area is 174 Å². The lowest BCUT2D eigenvalue weighted by atomic mass is 9.86. The van der Waals surface area contributed by atoms with E-state index in [0.29, 0.717) is 5.91 Å². The van der Waals surface area contributed by atoms with Crippen LogP contribution in [-0.4, -0.2) is 43.5 Å². The van der Waals surface area contributed by atoms with Crippen molar-refractivity contribution in [3.8, 4) is 0 Å². The summed E-state index contributed by atoms with van der Waals surface area (Å²) in [7, 11) is 0. The van der Waals surface area contributed by atoms with Gasteiger partial charge in [0.25, 0.3) is 0 Å². The highest BCUT2D eigenvalue weighted by molar-refractivity contribution is 7.19. The number of amides is 1. The van der Waals surface area contributed by atoms with E-state index < -0.39 is 0 Å². The van der Waals surface area contributed by atoms with Crippen molar-refractivity contribution in [3.05, 3.63) is 35.0 Å². The number of nitrogens with one attached hydrogen (secondary N) is 1. The number of hydrogen-bond acceptors (Lipinski definition) is 8. The normalized spacial score (nSPS) is 18.6. The van der Waals surface area contributed by atoms with Crippen LogP contribution in [0.1, 0.15) is 23.3 Å². The average Bonchev–Trinajstić information content (AvgIpc) is 3.30. The quantitative estimate of drug-likeness (QED) is 0.541. The Morgan fingerprint density at radius 1 is 1.24 bits per heavy atom. The smallest absolute Gasteiger partial charge is 0.226 e. The van der Waals surface area contributed by atoms with Gasteiger partial charge >= 0.3 is 0 Å². The predicted octanol–water partition coefficient (Wildman–Crippen LogP) is 3.78. The molecule has 0 spiro atoms. The summed E-state index contributed by atoms with van der Waals surface area (Å²) in [5.41, 5.74) is 3.17. The number of aryl methyl sites for hydroxylation is 1. The lowest BCUT2D eigenvalue weighted by molar-refractivity contribution is -0.139. The van der Waals surface area contributed by atoms with Gasteiger partial charge in [0, 0.05) is 29.6 Å². The molecule has 7 nitrogen and oxygen atoms in total. The minimum Gasteiger partial charge on any atom is -0.342 e. The van der Waals surface area contributed by atoms with Crippen LogP contribution in [0, 0.1) is 5.92 Å². The van der Waals surface area contributed by atoms with Crippen molar-refractivity contribution in [2.75, 3.05) is 18.4 Å². The number of likely N-dealkylation sites (tertiary alicyclic amines) is 1. The molecule has 1 fully saturated rings. The van der Waals surface area contributed by atoms with Crippen molar-refractivity contribution < 1.29 is 4.79 Å². The summed E-state index contributed by atoms with van der Waals surface area (Å²) >= 11 is 3.09. The number of nitrogens with zero attached hydrogens (tertiary/aromatic N) is 5. The van der Waals surface area contributed by atoms with Gasteiger partial charge in [-0.2, -0.15) is 0 Å². The average molecular weight is 423 g/mol. The first-order valence-electron chi connectivity index (χ1n) is 9.79. The van der Waals surface area contributed by atoms with Crippen molar-refractivity contribution >= 4 is 60.7 Å². The first-order valence-corrected chi connectivity index (χ1v) is 11.4. The molecule has 0 unspecified atom stereocenters. The zero-order chi connectivity index (χ0) is 19.4. The van der Waals surface area contributed by atoms with Gasteiger partial charge in [-0.3, -0.25) is 4.79 Å². The second-order valence-electron chi connectivity index (χ2n) is 7.61. The lowest BCUT2D eigenvalue weighted by Crippen LogP contribution is -2.46. The van der Waals surface area contributed by atoms with Crippen molar-refractivity contribution in [1.82, 2.24) is 24.5 Å². The summed E-state index contributed by atoms with van der Waals surface area (Å²) in [6.45, 7) is 1.85. The highest BCUT2D eigenvalue weighted by atomic mass is 32.1. The fraction of sp³-hybridized carbons (Fsp3) is 0.350. The van der Waals surface area contributed by atoms with E-state index in [1.165, 1.54) is 22.0 Å². The van der Waals surface area contributed by atoms with E-state index in [-0.39, 0.29) is 5.92 Å². The predicted molar refractivity (Wildman–Crippen MR) is 115 cm³/mol. The fourth-order valence-electron chi connectivity index (χ4n) is 4.20. The number of carbonyl (C=O) groups excluding carboxylic acids is 1. The SMILES string of the molecule is O=C([C@H]1CCc2c(sc3ncnc(Nc4ccc5nnsc5c4)c23)C1)N1CCC1. The molecule has 1 aliphatic carbocycles. The van der Waals surface area contributed by atoms with Crippen LogP contribution < -0.4 is 5.32 Å². The highest BCUT2D eigenvalue weighted by Crippen LogP contribution is 2.41. The first kappa shape index (κ1) is 17.2. The third kappa shape index (κ3) is 2.87. The zero-order valence-corrected chi connectivity index (χ0v) is 17.2. The van der Waals surface area contributed by atoms with Crippen LogP contribution in [0.3, 0.4) is 0 Å². The molecule has 3 aromatic heterocycles. The molecule has 1 aliphatic heterocycles. The van der Waals surface area contributed by atoms with E-state index in [1.54, 1.807) is 17.7 Å². The number of aromatic nitrogens is 4. The number of benzene rings is 1. The van der Waals surface area contributed by atoms with E-state index in [9.17, 15) is 4.79 Å². The number of anilines is 2. The maximum absolute atomic E-state index is 12.7. The van der Waals surface area contributed by atoms with Crippen LogP contribution >= 0.6 is 22.9 Å². The molecule has 1 atom stereocenters. The van der Waals surface area contributed by atoms with Crippen molar-refractivity contribution in [2.45, 2.75) is 25.7 Å². The monoisotopic (exact) mass is 422 g/mol. The maximum Gasteiger partial charge on any atom is 0.226 e. The molecule has 9 heteroatoms. The van der Waals surface area contributed by atoms with Gasteiger partial charge in [-0.15, -0.1) is 16.4 Å². The van der Waals surface area contributed by atoms with Crippen LogP contribution in [0.25, 0.3) is 20.4 Å². The number of thiophene rings is 1. The van der Waals surface area contributed by atoms with E-state index in [1.807, 2.05) is 17.0 Å². The van der Waals surface area contributed by atoms with Crippen LogP contribution in [0.5, 0.6) is 0 Å². The number of rotatable bonds is 3. The van der Waals surface area contributed by atoms with E-state index in [4.69, 9.17) is 0 Å². The van der Waals surface area contributed by atoms with E-state index in [2.05, 4.69) is 30.9 Å². The molecule has 4 aromatic rings. The zero-order valence-electron chi connectivity index (χ0n) is 15.6. The summed E-state index contributed by atoms with van der Waals surface area (Å²) in [5.74, 6) is 1.27. The highest BCUT2D eigenvalue weighted by Gasteiger charge is 2.33. The largest absolute Gasteiger partial charge is 0.342 e. The van der Waals surface area contributed by atoms with Crippen molar-refractivity contribution in [3.63, 3.8) is 0 Å². The van der Waals surface area contributed by atoms with Gasteiger partial charge in [0.15, 0.2) is 0 Å². The summed E-state index contributed by atoms with van der Waals surface area (Å²) in [4.78, 5) is 26.0. The number of fused-ring (bicyclic) bond motifs is 4. The summed E-state index contributed by atoms with van der Waals surface area (Å²) in [6.07, 6.45) is 5.38. The topological polar surface area (TPSA) is 83.9 Å². The summed E-state index contributed by atoms with van der Waals surface area (Å²) in [5, 5.41) is 8.66. The molecule has 1 aromatic carbocycles. The second kappa shape index (κ2) is 6.70. The molecule has 29 heavy (non-hydrogen) atoms. The molecule has 2 aliphatic rings. The lowest BCUT2D eigenvalue weighted by Gasteiger charge is -2.35. The van der Waals surface area contributed by atoms with E-state index >= 15 is 0 Å². The van der Waals surface area contributed by atoms with Crippen LogP contribution in [0.2, 0.25) is 0 Å².